The van der Waals surface area contributed by atoms with Crippen molar-refractivity contribution in [3.05, 3.63) is 66.7 Å². The van der Waals surface area contributed by atoms with E-state index in [9.17, 15) is 9.18 Å². The van der Waals surface area contributed by atoms with E-state index in [4.69, 9.17) is 4.74 Å². The van der Waals surface area contributed by atoms with Crippen LogP contribution in [0.4, 0.5) is 10.1 Å². The van der Waals surface area contributed by atoms with Crippen LogP contribution in [0.5, 0.6) is 5.75 Å². The number of anilines is 1. The molecule has 5 nitrogen and oxygen atoms in total. The Balaban J connectivity index is 1.66. The summed E-state index contributed by atoms with van der Waals surface area (Å²) in [5.74, 6) is 0.298. The highest BCUT2D eigenvalue weighted by Crippen LogP contribution is 2.26. The number of rotatable bonds is 7. The number of amides is 1. The lowest BCUT2D eigenvalue weighted by molar-refractivity contribution is -0.115. The predicted octanol–water partition coefficient (Wildman–Crippen LogP) is 4.53. The van der Waals surface area contributed by atoms with Crippen LogP contribution in [0.25, 0.3) is 5.69 Å². The highest BCUT2D eigenvalue weighted by Gasteiger charge is 2.18. The number of benzene rings is 2. The zero-order valence-electron chi connectivity index (χ0n) is 15.1. The van der Waals surface area contributed by atoms with Gasteiger partial charge in [-0.2, -0.15) is 0 Å². The zero-order valence-corrected chi connectivity index (χ0v) is 15.9. The summed E-state index contributed by atoms with van der Waals surface area (Å²) in [5, 5.41) is 3.12. The van der Waals surface area contributed by atoms with E-state index in [2.05, 4.69) is 10.3 Å². The summed E-state index contributed by atoms with van der Waals surface area (Å²) in [5.41, 5.74) is 1.36. The van der Waals surface area contributed by atoms with Crippen molar-refractivity contribution in [1.29, 1.82) is 0 Å². The van der Waals surface area contributed by atoms with E-state index in [1.165, 1.54) is 23.9 Å². The van der Waals surface area contributed by atoms with E-state index < -0.39 is 0 Å². The van der Waals surface area contributed by atoms with Gasteiger partial charge in [0.05, 0.1) is 17.5 Å². The van der Waals surface area contributed by atoms with Crippen molar-refractivity contribution >= 4 is 23.4 Å². The summed E-state index contributed by atoms with van der Waals surface area (Å²) >= 11 is 1.31. The van der Waals surface area contributed by atoms with Gasteiger partial charge in [-0.1, -0.05) is 17.8 Å². The summed E-state index contributed by atoms with van der Waals surface area (Å²) < 4.78 is 20.6. The molecule has 1 atom stereocenters. The minimum absolute atomic E-state index is 0.141. The van der Waals surface area contributed by atoms with Crippen LogP contribution in [0.1, 0.15) is 13.8 Å². The smallest absolute Gasteiger partial charge is 0.237 e. The molecule has 2 aromatic carbocycles. The van der Waals surface area contributed by atoms with E-state index in [1.807, 2.05) is 19.1 Å². The number of hydrogen-bond donors (Lipinski definition) is 1. The SMILES string of the molecule is CCOc1ccc(NC(=O)C(C)Sc2nccn2-c2cccc(F)c2)cc1. The second-order valence-corrected chi connectivity index (χ2v) is 7.07. The molecule has 1 aromatic heterocycles. The van der Waals surface area contributed by atoms with Crippen LogP contribution in [0, 0.1) is 5.82 Å². The van der Waals surface area contributed by atoms with Crippen molar-refractivity contribution in [1.82, 2.24) is 9.55 Å². The third-order valence-electron chi connectivity index (χ3n) is 3.78. The quantitative estimate of drug-likeness (QED) is 0.607. The standard InChI is InChI=1S/C20H20FN3O2S/c1-3-26-18-9-7-16(8-10-18)23-19(25)14(2)27-20-22-11-12-24(20)17-6-4-5-15(21)13-17/h4-14H,3H2,1-2H3,(H,23,25). The molecule has 0 aliphatic carbocycles. The molecule has 0 aliphatic heterocycles. The lowest BCUT2D eigenvalue weighted by Crippen LogP contribution is -2.22. The van der Waals surface area contributed by atoms with Crippen molar-refractivity contribution < 1.29 is 13.9 Å². The van der Waals surface area contributed by atoms with Crippen LogP contribution in [-0.4, -0.2) is 27.3 Å². The van der Waals surface area contributed by atoms with Gasteiger partial charge in [-0.25, -0.2) is 9.37 Å². The first-order valence-corrected chi connectivity index (χ1v) is 9.44. The maximum Gasteiger partial charge on any atom is 0.237 e. The molecule has 1 amide bonds. The van der Waals surface area contributed by atoms with Crippen LogP contribution >= 0.6 is 11.8 Å². The van der Waals surface area contributed by atoms with Crippen LogP contribution in [0.2, 0.25) is 0 Å². The molecule has 140 valence electrons. The number of nitrogens with one attached hydrogen (secondary N) is 1. The Bertz CT molecular complexity index is 912. The number of hydrogen-bond acceptors (Lipinski definition) is 4. The van der Waals surface area contributed by atoms with E-state index >= 15 is 0 Å². The van der Waals surface area contributed by atoms with Gasteiger partial charge >= 0.3 is 0 Å². The van der Waals surface area contributed by atoms with Gasteiger partial charge < -0.3 is 10.1 Å². The van der Waals surface area contributed by atoms with Crippen LogP contribution in [0.15, 0.2) is 66.1 Å². The fourth-order valence-electron chi connectivity index (χ4n) is 2.46. The highest BCUT2D eigenvalue weighted by molar-refractivity contribution is 8.00. The molecule has 0 radical (unpaired) electrons. The summed E-state index contributed by atoms with van der Waals surface area (Å²) in [6.45, 7) is 4.32. The molecule has 0 fully saturated rings. The number of halogens is 1. The molecule has 1 heterocycles. The molecule has 0 saturated carbocycles. The van der Waals surface area contributed by atoms with E-state index in [-0.39, 0.29) is 17.0 Å². The second kappa shape index (κ2) is 8.73. The maximum absolute atomic E-state index is 13.5. The first-order chi connectivity index (χ1) is 13.1. The Morgan fingerprint density at radius 1 is 1.30 bits per heavy atom. The summed E-state index contributed by atoms with van der Waals surface area (Å²) in [6, 6.07) is 13.5. The van der Waals surface area contributed by atoms with Gasteiger partial charge in [0.15, 0.2) is 5.16 Å². The molecule has 0 saturated heterocycles. The Morgan fingerprint density at radius 2 is 2.07 bits per heavy atom. The van der Waals surface area contributed by atoms with E-state index in [0.717, 1.165) is 5.75 Å². The largest absolute Gasteiger partial charge is 0.494 e. The monoisotopic (exact) mass is 385 g/mol. The predicted molar refractivity (Wildman–Crippen MR) is 105 cm³/mol. The maximum atomic E-state index is 13.5. The molecule has 1 unspecified atom stereocenters. The van der Waals surface area contributed by atoms with Crippen molar-refractivity contribution in [2.45, 2.75) is 24.3 Å². The lowest BCUT2D eigenvalue weighted by atomic mass is 10.3. The molecule has 7 heteroatoms. The van der Waals surface area contributed by atoms with Gasteiger partial charge in [0.1, 0.15) is 11.6 Å². The Morgan fingerprint density at radius 3 is 2.78 bits per heavy atom. The van der Waals surface area contributed by atoms with Gasteiger partial charge in [-0.15, -0.1) is 0 Å². The molecule has 27 heavy (non-hydrogen) atoms. The fraction of sp³-hybridized carbons (Fsp3) is 0.200. The Kier molecular flexibility index (Phi) is 6.13. The summed E-state index contributed by atoms with van der Waals surface area (Å²) in [4.78, 5) is 16.8. The highest BCUT2D eigenvalue weighted by atomic mass is 32.2. The number of imidazole rings is 1. The lowest BCUT2D eigenvalue weighted by Gasteiger charge is -2.13. The topological polar surface area (TPSA) is 56.1 Å². The second-order valence-electron chi connectivity index (χ2n) is 5.77. The van der Waals surface area contributed by atoms with Gasteiger partial charge in [0, 0.05) is 18.1 Å². The molecule has 3 aromatic rings. The number of carbonyl (C=O) groups is 1. The number of ether oxygens (including phenoxy) is 1. The van der Waals surface area contributed by atoms with Crippen molar-refractivity contribution in [2.24, 2.45) is 0 Å². The van der Waals surface area contributed by atoms with Crippen molar-refractivity contribution in [3.63, 3.8) is 0 Å². The number of thioether (sulfide) groups is 1. The van der Waals surface area contributed by atoms with Crippen LogP contribution in [-0.2, 0) is 4.79 Å². The summed E-state index contributed by atoms with van der Waals surface area (Å²) in [7, 11) is 0. The number of carbonyl (C=O) groups excluding carboxylic acids is 1. The van der Waals surface area contributed by atoms with Crippen molar-refractivity contribution in [2.75, 3.05) is 11.9 Å². The molecule has 3 rings (SSSR count). The third-order valence-corrected chi connectivity index (χ3v) is 4.86. The average Bonchev–Trinajstić information content (AvgIpc) is 3.11. The minimum atomic E-state index is -0.383. The van der Waals surface area contributed by atoms with Gasteiger partial charge in [0.2, 0.25) is 5.91 Å². The van der Waals surface area contributed by atoms with Gasteiger partial charge in [-0.3, -0.25) is 9.36 Å². The number of aromatic nitrogens is 2. The molecule has 0 aliphatic rings. The molecule has 0 bridgehead atoms. The van der Waals surface area contributed by atoms with Gasteiger partial charge in [0.25, 0.3) is 0 Å². The van der Waals surface area contributed by atoms with Gasteiger partial charge in [-0.05, 0) is 56.3 Å². The molecule has 0 spiro atoms. The third kappa shape index (κ3) is 4.89. The Labute approximate surface area is 161 Å². The van der Waals surface area contributed by atoms with Crippen LogP contribution in [0.3, 0.4) is 0 Å². The normalized spacial score (nSPS) is 11.8. The minimum Gasteiger partial charge on any atom is -0.494 e. The molecular formula is C20H20FN3O2S. The summed E-state index contributed by atoms with van der Waals surface area (Å²) in [6.07, 6.45) is 3.37. The van der Waals surface area contributed by atoms with E-state index in [1.54, 1.807) is 48.1 Å². The Hall–Kier alpha value is -2.80. The number of nitrogens with zero attached hydrogens (tertiary/aromatic N) is 2. The van der Waals surface area contributed by atoms with E-state index in [0.29, 0.717) is 23.1 Å². The van der Waals surface area contributed by atoms with Crippen LogP contribution < -0.4 is 10.1 Å². The molecular weight excluding hydrogens is 365 g/mol. The van der Waals surface area contributed by atoms with Crippen molar-refractivity contribution in [3.8, 4) is 11.4 Å². The first-order valence-electron chi connectivity index (χ1n) is 8.56. The average molecular weight is 385 g/mol. The fourth-order valence-corrected chi connectivity index (χ4v) is 3.34. The zero-order chi connectivity index (χ0) is 19.2. The first kappa shape index (κ1) is 19.0. The molecule has 1 N–H and O–H groups in total.